The van der Waals surface area contributed by atoms with Gasteiger partial charge < -0.3 is 14.3 Å². The molecule has 0 bridgehead atoms. The van der Waals surface area contributed by atoms with Crippen LogP contribution in [0.2, 0.25) is 18.1 Å². The Hall–Kier alpha value is -1.24. The van der Waals surface area contributed by atoms with Crippen molar-refractivity contribution in [3.8, 4) is 0 Å². The van der Waals surface area contributed by atoms with Gasteiger partial charge in [0, 0.05) is 24.7 Å². The fourth-order valence-electron chi connectivity index (χ4n) is 4.13. The number of ether oxygens (including phenoxy) is 1. The first-order chi connectivity index (χ1) is 15.9. The van der Waals surface area contributed by atoms with Gasteiger partial charge in [-0.05, 0) is 50.2 Å². The second-order valence-corrected chi connectivity index (χ2v) is 16.0. The van der Waals surface area contributed by atoms with Crippen LogP contribution < -0.4 is 0 Å². The number of aliphatic hydroxyl groups is 1. The number of ketones is 1. The van der Waals surface area contributed by atoms with Crippen molar-refractivity contribution in [2.75, 3.05) is 7.11 Å². The number of aliphatic hydroxyl groups excluding tert-OH is 1. The summed E-state index contributed by atoms with van der Waals surface area (Å²) in [6, 6.07) is 0. The van der Waals surface area contributed by atoms with Gasteiger partial charge in [-0.25, -0.2) is 0 Å². The fourth-order valence-corrected chi connectivity index (χ4v) is 5.43. The minimum absolute atomic E-state index is 0.0196. The molecule has 4 atom stereocenters. The summed E-state index contributed by atoms with van der Waals surface area (Å²) in [7, 11) is -0.532. The molecule has 1 fully saturated rings. The SMILES string of the molecule is CCCCCC(/C=C/[C@H]1[C@H](O)CCC(=O)[C@@H]1C/C=C\CCCC(=O)OC)O[Si](C)(C)C(C)(C)C. The van der Waals surface area contributed by atoms with Crippen molar-refractivity contribution in [3.63, 3.8) is 0 Å². The number of esters is 1. The molecular weight excluding hydrogens is 444 g/mol. The number of unbranched alkanes of at least 4 members (excludes halogenated alkanes) is 3. The van der Waals surface area contributed by atoms with Crippen LogP contribution in [0.3, 0.4) is 0 Å². The number of hydrogen-bond acceptors (Lipinski definition) is 5. The van der Waals surface area contributed by atoms with E-state index in [-0.39, 0.29) is 34.7 Å². The number of carbonyl (C=O) groups excluding carboxylic acids is 2. The van der Waals surface area contributed by atoms with Crippen LogP contribution in [0.15, 0.2) is 24.3 Å². The first-order valence-corrected chi connectivity index (χ1v) is 16.1. The molecule has 1 aliphatic carbocycles. The molecule has 0 saturated heterocycles. The Bertz CT molecular complexity index is 677. The van der Waals surface area contributed by atoms with Crippen LogP contribution in [-0.2, 0) is 18.8 Å². The summed E-state index contributed by atoms with van der Waals surface area (Å²) in [6.45, 7) is 13.5. The van der Waals surface area contributed by atoms with Gasteiger partial charge in [0.15, 0.2) is 8.32 Å². The maximum atomic E-state index is 12.7. The van der Waals surface area contributed by atoms with Gasteiger partial charge in [0.05, 0.1) is 19.3 Å². The van der Waals surface area contributed by atoms with E-state index in [2.05, 4.69) is 57.7 Å². The van der Waals surface area contributed by atoms with Crippen LogP contribution in [0.4, 0.5) is 0 Å². The molecule has 0 aliphatic heterocycles. The normalized spacial score (nSPS) is 23.1. The molecule has 0 aromatic heterocycles. The van der Waals surface area contributed by atoms with Crippen molar-refractivity contribution >= 4 is 20.1 Å². The average Bonchev–Trinajstić information content (AvgIpc) is 2.76. The smallest absolute Gasteiger partial charge is 0.305 e. The number of allylic oxidation sites excluding steroid dienone is 2. The molecule has 1 unspecified atom stereocenters. The van der Waals surface area contributed by atoms with Crippen LogP contribution in [0.5, 0.6) is 0 Å². The van der Waals surface area contributed by atoms with E-state index in [9.17, 15) is 14.7 Å². The Morgan fingerprint density at radius 1 is 1.21 bits per heavy atom. The molecule has 0 aromatic carbocycles. The lowest BCUT2D eigenvalue weighted by Gasteiger charge is -2.39. The number of hydrogen-bond donors (Lipinski definition) is 1. The monoisotopic (exact) mass is 494 g/mol. The van der Waals surface area contributed by atoms with E-state index in [1.165, 1.54) is 20.0 Å². The summed E-state index contributed by atoms with van der Waals surface area (Å²) in [5.41, 5.74) is 0. The Labute approximate surface area is 209 Å². The fraction of sp³-hybridized carbons (Fsp3) is 0.786. The summed E-state index contributed by atoms with van der Waals surface area (Å²) in [5.74, 6) is -0.358. The molecule has 0 radical (unpaired) electrons. The topological polar surface area (TPSA) is 72.8 Å². The molecule has 0 heterocycles. The van der Waals surface area contributed by atoms with E-state index < -0.39 is 14.4 Å². The van der Waals surface area contributed by atoms with Gasteiger partial charge in [0.25, 0.3) is 0 Å². The van der Waals surface area contributed by atoms with Crippen molar-refractivity contribution in [1.82, 2.24) is 0 Å². The first kappa shape index (κ1) is 30.8. The third-order valence-corrected chi connectivity index (χ3v) is 11.9. The number of rotatable bonds is 14. The van der Waals surface area contributed by atoms with E-state index in [0.29, 0.717) is 25.7 Å². The largest absolute Gasteiger partial charge is 0.469 e. The summed E-state index contributed by atoms with van der Waals surface area (Å²) in [6.07, 6.45) is 15.7. The third-order valence-electron chi connectivity index (χ3n) is 7.44. The lowest BCUT2D eigenvalue weighted by molar-refractivity contribution is -0.140. The van der Waals surface area contributed by atoms with Gasteiger partial charge >= 0.3 is 5.97 Å². The molecule has 1 rings (SSSR count). The highest BCUT2D eigenvalue weighted by molar-refractivity contribution is 6.74. The molecule has 6 heteroatoms. The highest BCUT2D eigenvalue weighted by Gasteiger charge is 2.39. The van der Waals surface area contributed by atoms with Crippen molar-refractivity contribution in [2.24, 2.45) is 11.8 Å². The standard InChI is InChI=1S/C28H50O5Si/c1-8-9-12-15-22(33-34(6,7)28(2,3)4)18-19-24-23(25(29)20-21-26(24)30)16-13-10-11-14-17-27(31)32-5/h10,13,18-19,22-24,26,30H,8-9,11-12,14-17,20-21H2,1-7H3/b13-10-,19-18+/t22?,23-,24-,26-/m1/s1. The lowest BCUT2D eigenvalue weighted by Crippen LogP contribution is -2.43. The molecule has 196 valence electrons. The predicted octanol–water partition coefficient (Wildman–Crippen LogP) is 6.76. The molecule has 0 spiro atoms. The molecule has 1 N–H and O–H groups in total. The van der Waals surface area contributed by atoms with Crippen LogP contribution >= 0.6 is 0 Å². The Morgan fingerprint density at radius 2 is 1.91 bits per heavy atom. The molecule has 1 saturated carbocycles. The highest BCUT2D eigenvalue weighted by atomic mass is 28.4. The average molecular weight is 495 g/mol. The second kappa shape index (κ2) is 15.0. The van der Waals surface area contributed by atoms with Gasteiger partial charge in [-0.2, -0.15) is 0 Å². The van der Waals surface area contributed by atoms with Crippen LogP contribution in [0, 0.1) is 11.8 Å². The molecule has 1 aliphatic rings. The Balaban J connectivity index is 2.89. The zero-order valence-corrected chi connectivity index (χ0v) is 23.8. The number of carbonyl (C=O) groups is 2. The Kier molecular flexibility index (Phi) is 13.6. The maximum absolute atomic E-state index is 12.7. The van der Waals surface area contributed by atoms with Gasteiger partial charge in [0.2, 0.25) is 0 Å². The quantitative estimate of drug-likeness (QED) is 0.125. The Morgan fingerprint density at radius 3 is 2.53 bits per heavy atom. The van der Waals surface area contributed by atoms with Crippen LogP contribution in [0.25, 0.3) is 0 Å². The van der Waals surface area contributed by atoms with Crippen molar-refractivity contribution in [2.45, 2.75) is 122 Å². The molecule has 34 heavy (non-hydrogen) atoms. The lowest BCUT2D eigenvalue weighted by atomic mass is 9.74. The van der Waals surface area contributed by atoms with E-state index in [1.54, 1.807) is 0 Å². The van der Waals surface area contributed by atoms with Gasteiger partial charge in [0.1, 0.15) is 5.78 Å². The number of methoxy groups -OCH3 is 1. The van der Waals surface area contributed by atoms with Crippen molar-refractivity contribution in [3.05, 3.63) is 24.3 Å². The molecule has 5 nitrogen and oxygen atoms in total. The maximum Gasteiger partial charge on any atom is 0.305 e. The van der Waals surface area contributed by atoms with E-state index in [0.717, 1.165) is 25.7 Å². The third kappa shape index (κ3) is 10.6. The summed E-state index contributed by atoms with van der Waals surface area (Å²) < 4.78 is 11.4. The van der Waals surface area contributed by atoms with Gasteiger partial charge in [-0.3, -0.25) is 9.59 Å². The van der Waals surface area contributed by atoms with Crippen molar-refractivity contribution < 1.29 is 23.9 Å². The van der Waals surface area contributed by atoms with Crippen molar-refractivity contribution in [1.29, 1.82) is 0 Å². The second-order valence-electron chi connectivity index (χ2n) is 11.2. The zero-order valence-electron chi connectivity index (χ0n) is 22.8. The van der Waals surface area contributed by atoms with E-state index in [1.807, 2.05) is 12.2 Å². The van der Waals surface area contributed by atoms with E-state index in [4.69, 9.17) is 4.43 Å². The van der Waals surface area contributed by atoms with Gasteiger partial charge in [-0.15, -0.1) is 0 Å². The molecule has 0 aromatic rings. The first-order valence-electron chi connectivity index (χ1n) is 13.2. The van der Waals surface area contributed by atoms with Crippen LogP contribution in [0.1, 0.15) is 91.9 Å². The molecular formula is C28H50O5Si. The van der Waals surface area contributed by atoms with Gasteiger partial charge in [-0.1, -0.05) is 71.3 Å². The summed E-state index contributed by atoms with van der Waals surface area (Å²) in [5, 5.41) is 10.9. The summed E-state index contributed by atoms with van der Waals surface area (Å²) >= 11 is 0. The number of Topliss-reactive ketones (excluding diaryl/α,β-unsaturated/α-hetero) is 1. The summed E-state index contributed by atoms with van der Waals surface area (Å²) in [4.78, 5) is 24.0. The molecule has 0 amide bonds. The highest BCUT2D eigenvalue weighted by Crippen LogP contribution is 2.38. The zero-order chi connectivity index (χ0) is 25.8. The minimum Gasteiger partial charge on any atom is -0.469 e. The predicted molar refractivity (Wildman–Crippen MR) is 142 cm³/mol. The van der Waals surface area contributed by atoms with Crippen LogP contribution in [-0.4, -0.2) is 44.5 Å². The van der Waals surface area contributed by atoms with E-state index >= 15 is 0 Å². The minimum atomic E-state index is -1.93.